The predicted molar refractivity (Wildman–Crippen MR) is 119 cm³/mol. The highest BCUT2D eigenvalue weighted by atomic mass is 16.7. The van der Waals surface area contributed by atoms with E-state index < -0.39 is 17.7 Å². The second-order valence-corrected chi connectivity index (χ2v) is 8.63. The van der Waals surface area contributed by atoms with Crippen LogP contribution in [0.2, 0.25) is 0 Å². The first-order valence-corrected chi connectivity index (χ1v) is 11.3. The third-order valence-corrected chi connectivity index (χ3v) is 5.87. The van der Waals surface area contributed by atoms with Gasteiger partial charge in [0.2, 0.25) is 0 Å². The summed E-state index contributed by atoms with van der Waals surface area (Å²) in [5, 5.41) is 2.80. The largest absolute Gasteiger partial charge is 0.466 e. The normalized spacial score (nSPS) is 17.0. The molecule has 0 N–H and O–H groups in total. The molecule has 170 valence electrons. The maximum Gasteiger partial charge on any atom is 0.351 e. The van der Waals surface area contributed by atoms with Gasteiger partial charge < -0.3 is 18.8 Å². The Labute approximate surface area is 186 Å². The average molecular weight is 440 g/mol. The van der Waals surface area contributed by atoms with Gasteiger partial charge in [-0.25, -0.2) is 9.59 Å². The lowest BCUT2D eigenvalue weighted by Gasteiger charge is -2.30. The lowest BCUT2D eigenvalue weighted by atomic mass is 9.98. The second kappa shape index (κ2) is 8.81. The van der Waals surface area contributed by atoms with Gasteiger partial charge in [0.15, 0.2) is 5.57 Å². The zero-order valence-electron chi connectivity index (χ0n) is 18.9. The minimum atomic E-state index is -1.28. The fraction of sp³-hybridized carbons (Fsp3) is 0.480. The van der Waals surface area contributed by atoms with Crippen LogP contribution in [0.25, 0.3) is 22.6 Å². The lowest BCUT2D eigenvalue weighted by Crippen LogP contribution is -2.44. The van der Waals surface area contributed by atoms with Gasteiger partial charge in [-0.05, 0) is 49.5 Å². The predicted octanol–water partition coefficient (Wildman–Crippen LogP) is 2.48. The van der Waals surface area contributed by atoms with Crippen LogP contribution in [0, 0.1) is 0 Å². The Morgan fingerprint density at radius 1 is 1.12 bits per heavy atom. The van der Waals surface area contributed by atoms with Crippen LogP contribution in [-0.2, 0) is 41.6 Å². The van der Waals surface area contributed by atoms with Crippen molar-refractivity contribution in [3.05, 3.63) is 34.3 Å². The molecule has 0 bridgehead atoms. The molecular formula is C25H29NO6. The molecule has 1 saturated heterocycles. The molecule has 1 aromatic carbocycles. The number of aryl methyl sites for hydroxylation is 2. The van der Waals surface area contributed by atoms with E-state index in [1.807, 2.05) is 16.7 Å². The van der Waals surface area contributed by atoms with E-state index in [2.05, 4.69) is 12.1 Å². The smallest absolute Gasteiger partial charge is 0.351 e. The van der Waals surface area contributed by atoms with Gasteiger partial charge in [0.05, 0.1) is 12.0 Å². The molecule has 0 unspecified atom stereocenters. The van der Waals surface area contributed by atoms with E-state index in [1.165, 1.54) is 0 Å². The third kappa shape index (κ3) is 4.16. The zero-order chi connectivity index (χ0) is 22.9. The van der Waals surface area contributed by atoms with Gasteiger partial charge in [-0.15, -0.1) is 0 Å². The first-order chi connectivity index (χ1) is 15.3. The molecule has 2 aromatic rings. The Bertz CT molecular complexity index is 1180. The van der Waals surface area contributed by atoms with E-state index >= 15 is 0 Å². The van der Waals surface area contributed by atoms with Gasteiger partial charge in [-0.3, -0.25) is 4.79 Å². The van der Waals surface area contributed by atoms with Crippen molar-refractivity contribution in [3.63, 3.8) is 0 Å². The number of ether oxygens (including phenoxy) is 3. The summed E-state index contributed by atoms with van der Waals surface area (Å²) in [6, 6.07) is 6.08. The summed E-state index contributed by atoms with van der Waals surface area (Å²) >= 11 is 0. The Kier molecular flexibility index (Phi) is 6.09. The highest BCUT2D eigenvalue weighted by molar-refractivity contribution is 6.37. The van der Waals surface area contributed by atoms with Crippen molar-refractivity contribution in [2.45, 2.75) is 71.6 Å². The Balaban J connectivity index is 1.74. The van der Waals surface area contributed by atoms with E-state index in [0.29, 0.717) is 24.9 Å². The summed E-state index contributed by atoms with van der Waals surface area (Å²) in [6.07, 6.45) is 6.52. The van der Waals surface area contributed by atoms with Crippen molar-refractivity contribution in [1.82, 2.24) is 4.57 Å². The highest BCUT2D eigenvalue weighted by Gasteiger charge is 2.40. The van der Waals surface area contributed by atoms with Crippen LogP contribution in [0.3, 0.4) is 0 Å². The third-order valence-electron chi connectivity index (χ3n) is 5.87. The first kappa shape index (κ1) is 22.1. The molecule has 0 atom stereocenters. The monoisotopic (exact) mass is 439 g/mol. The summed E-state index contributed by atoms with van der Waals surface area (Å²) < 4.78 is 17.9. The lowest BCUT2D eigenvalue weighted by molar-refractivity contribution is -0.217. The summed E-state index contributed by atoms with van der Waals surface area (Å²) in [4.78, 5) is 37.4. The molecule has 4 rings (SSSR count). The Hall–Kier alpha value is -3.09. The number of nitrogens with zero attached hydrogens (tertiary/aromatic N) is 1. The molecule has 1 aromatic heterocycles. The number of unbranched alkanes of at least 4 members (excludes halogenated alkanes) is 2. The fourth-order valence-electron chi connectivity index (χ4n) is 4.61. The molecule has 1 aliphatic carbocycles. The van der Waals surface area contributed by atoms with Crippen LogP contribution in [0.5, 0.6) is 0 Å². The zero-order valence-corrected chi connectivity index (χ0v) is 18.9. The molecule has 7 heteroatoms. The number of hydrogen-bond acceptors (Lipinski definition) is 6. The topological polar surface area (TPSA) is 83.8 Å². The van der Waals surface area contributed by atoms with Gasteiger partial charge in [-0.2, -0.15) is 0 Å². The first-order valence-electron chi connectivity index (χ1n) is 11.3. The highest BCUT2D eigenvalue weighted by Crippen LogP contribution is 2.26. The van der Waals surface area contributed by atoms with Crippen LogP contribution < -0.4 is 10.6 Å². The number of rotatable bonds is 7. The molecule has 1 fully saturated rings. The van der Waals surface area contributed by atoms with Gasteiger partial charge in [0.25, 0.3) is 5.79 Å². The minimum Gasteiger partial charge on any atom is -0.466 e. The minimum absolute atomic E-state index is 0.0325. The summed E-state index contributed by atoms with van der Waals surface area (Å²) in [5.74, 6) is -2.76. The molecule has 0 amide bonds. The number of esters is 3. The van der Waals surface area contributed by atoms with Crippen molar-refractivity contribution in [1.29, 1.82) is 0 Å². The average Bonchev–Trinajstić information content (AvgIpc) is 3.02. The van der Waals surface area contributed by atoms with E-state index in [-0.39, 0.29) is 11.5 Å². The van der Waals surface area contributed by atoms with Crippen molar-refractivity contribution in [3.8, 4) is 0 Å². The Morgan fingerprint density at radius 3 is 2.59 bits per heavy atom. The van der Waals surface area contributed by atoms with Crippen LogP contribution in [-0.4, -0.2) is 34.9 Å². The molecule has 0 radical (unpaired) electrons. The van der Waals surface area contributed by atoms with E-state index in [0.717, 1.165) is 53.8 Å². The quantitative estimate of drug-likeness (QED) is 0.487. The summed E-state index contributed by atoms with van der Waals surface area (Å²) in [5.41, 5.74) is 1.95. The molecule has 1 aliphatic heterocycles. The number of benzene rings is 1. The molecule has 2 heterocycles. The van der Waals surface area contributed by atoms with Gasteiger partial charge >= 0.3 is 17.9 Å². The van der Waals surface area contributed by atoms with Gasteiger partial charge in [0.1, 0.15) is 0 Å². The number of carbonyl (C=O) groups is 3. The van der Waals surface area contributed by atoms with Crippen molar-refractivity contribution < 1.29 is 28.6 Å². The number of aromatic nitrogens is 1. The molecular weight excluding hydrogens is 410 g/mol. The van der Waals surface area contributed by atoms with Crippen LogP contribution in [0.1, 0.15) is 58.4 Å². The van der Waals surface area contributed by atoms with Crippen LogP contribution in [0.15, 0.2) is 18.2 Å². The molecule has 0 saturated carbocycles. The molecule has 2 aliphatic rings. The van der Waals surface area contributed by atoms with Crippen LogP contribution >= 0.6 is 0 Å². The maximum absolute atomic E-state index is 12.9. The fourth-order valence-corrected chi connectivity index (χ4v) is 4.61. The van der Waals surface area contributed by atoms with Crippen molar-refractivity contribution >= 4 is 40.5 Å². The Morgan fingerprint density at radius 2 is 1.88 bits per heavy atom. The van der Waals surface area contributed by atoms with Crippen molar-refractivity contribution in [2.24, 2.45) is 0 Å². The number of cyclic esters (lactones) is 2. The molecule has 32 heavy (non-hydrogen) atoms. The standard InChI is InChI=1S/C25H29NO6/c1-4-30-19(27)14-6-5-7-15-26-18-13-9-11-16-10-8-12-17(20(16)18)22(26)21-23(28)31-25(2,3)32-24(21)29/h9-11,13H,4-8,12,14-15H2,1-3H3. The van der Waals surface area contributed by atoms with E-state index in [9.17, 15) is 14.4 Å². The number of carbonyl (C=O) groups excluding carboxylic acids is 3. The van der Waals surface area contributed by atoms with Gasteiger partial charge in [0, 0.05) is 37.7 Å². The van der Waals surface area contributed by atoms with E-state index in [1.54, 1.807) is 20.8 Å². The van der Waals surface area contributed by atoms with Crippen molar-refractivity contribution in [2.75, 3.05) is 6.61 Å². The molecule has 0 spiro atoms. The molecule has 7 nitrogen and oxygen atoms in total. The van der Waals surface area contributed by atoms with Gasteiger partial charge in [-0.1, -0.05) is 24.6 Å². The van der Waals surface area contributed by atoms with Crippen LogP contribution in [0.4, 0.5) is 0 Å². The van der Waals surface area contributed by atoms with E-state index in [4.69, 9.17) is 14.2 Å². The SMILES string of the molecule is CCOC(=O)CCCCCn1c(=C2C(=O)OC(C)(C)OC2=O)c2c3c(cccc31)=CCC2. The maximum atomic E-state index is 12.9. The second-order valence-electron chi connectivity index (χ2n) is 8.63. The number of hydrogen-bond donors (Lipinski definition) is 0. The summed E-state index contributed by atoms with van der Waals surface area (Å²) in [7, 11) is 0. The summed E-state index contributed by atoms with van der Waals surface area (Å²) in [6.45, 7) is 5.91.